The third-order valence-corrected chi connectivity index (χ3v) is 3.48. The van der Waals surface area contributed by atoms with Gasteiger partial charge in [-0.15, -0.1) is 0 Å². The van der Waals surface area contributed by atoms with Crippen molar-refractivity contribution in [3.8, 4) is 6.07 Å². The summed E-state index contributed by atoms with van der Waals surface area (Å²) in [6.45, 7) is 8.58. The Morgan fingerprint density at radius 1 is 1.29 bits per heavy atom. The van der Waals surface area contributed by atoms with Crippen molar-refractivity contribution in [2.24, 2.45) is 0 Å². The third-order valence-electron chi connectivity index (χ3n) is 3.48. The zero-order chi connectivity index (χ0) is 15.5. The predicted octanol–water partition coefficient (Wildman–Crippen LogP) is 2.92. The SMILES string of the molecule is Cc1cc(C)n(CC(C#N)(NC(C)C)c2ccccc2)n1. The van der Waals surface area contributed by atoms with E-state index in [0.29, 0.717) is 6.54 Å². The lowest BCUT2D eigenvalue weighted by molar-refractivity contribution is 0.322. The van der Waals surface area contributed by atoms with Crippen molar-refractivity contribution in [1.29, 1.82) is 5.26 Å². The van der Waals surface area contributed by atoms with Gasteiger partial charge in [-0.25, -0.2) is 0 Å². The molecule has 1 aromatic carbocycles. The topological polar surface area (TPSA) is 53.6 Å². The molecule has 0 aliphatic rings. The maximum atomic E-state index is 9.88. The number of aryl methyl sites for hydroxylation is 2. The smallest absolute Gasteiger partial charge is 0.152 e. The van der Waals surface area contributed by atoms with E-state index in [-0.39, 0.29) is 6.04 Å². The van der Waals surface area contributed by atoms with Crippen molar-refractivity contribution in [3.05, 3.63) is 53.3 Å². The zero-order valence-corrected chi connectivity index (χ0v) is 13.1. The van der Waals surface area contributed by atoms with E-state index in [0.717, 1.165) is 17.0 Å². The number of nitriles is 1. The van der Waals surface area contributed by atoms with Crippen molar-refractivity contribution in [2.45, 2.75) is 45.8 Å². The van der Waals surface area contributed by atoms with E-state index < -0.39 is 5.54 Å². The second-order valence-electron chi connectivity index (χ2n) is 5.77. The van der Waals surface area contributed by atoms with Gasteiger partial charge >= 0.3 is 0 Å². The van der Waals surface area contributed by atoms with Crippen LogP contribution in [0, 0.1) is 25.2 Å². The van der Waals surface area contributed by atoms with Crippen molar-refractivity contribution in [2.75, 3.05) is 0 Å². The molecule has 0 radical (unpaired) electrons. The lowest BCUT2D eigenvalue weighted by atomic mass is 9.90. The second kappa shape index (κ2) is 6.11. The highest BCUT2D eigenvalue weighted by Gasteiger charge is 2.34. The van der Waals surface area contributed by atoms with Crippen LogP contribution in [0.2, 0.25) is 0 Å². The quantitative estimate of drug-likeness (QED) is 0.917. The molecule has 1 unspecified atom stereocenters. The molecular formula is C17H22N4. The molecule has 1 N–H and O–H groups in total. The molecule has 0 fully saturated rings. The molecule has 21 heavy (non-hydrogen) atoms. The van der Waals surface area contributed by atoms with Gasteiger partial charge in [0.15, 0.2) is 5.54 Å². The number of rotatable bonds is 5. The van der Waals surface area contributed by atoms with E-state index in [1.807, 2.05) is 54.9 Å². The third kappa shape index (κ3) is 3.32. The van der Waals surface area contributed by atoms with E-state index in [9.17, 15) is 5.26 Å². The van der Waals surface area contributed by atoms with Crippen LogP contribution in [0.15, 0.2) is 36.4 Å². The first-order valence-electron chi connectivity index (χ1n) is 7.22. The van der Waals surface area contributed by atoms with Gasteiger partial charge < -0.3 is 0 Å². The van der Waals surface area contributed by atoms with Crippen molar-refractivity contribution in [3.63, 3.8) is 0 Å². The summed E-state index contributed by atoms with van der Waals surface area (Å²) in [5.74, 6) is 0. The highest BCUT2D eigenvalue weighted by atomic mass is 15.3. The first-order valence-corrected chi connectivity index (χ1v) is 7.22. The first-order chi connectivity index (χ1) is 9.97. The highest BCUT2D eigenvalue weighted by molar-refractivity contribution is 5.31. The zero-order valence-electron chi connectivity index (χ0n) is 13.1. The highest BCUT2D eigenvalue weighted by Crippen LogP contribution is 2.24. The maximum absolute atomic E-state index is 9.88. The fourth-order valence-electron chi connectivity index (χ4n) is 2.63. The minimum atomic E-state index is -0.779. The lowest BCUT2D eigenvalue weighted by Crippen LogP contribution is -2.48. The number of benzene rings is 1. The Hall–Kier alpha value is -2.12. The van der Waals surface area contributed by atoms with E-state index in [1.165, 1.54) is 0 Å². The van der Waals surface area contributed by atoms with Gasteiger partial charge in [0.05, 0.1) is 18.3 Å². The molecular weight excluding hydrogens is 260 g/mol. The van der Waals surface area contributed by atoms with Gasteiger partial charge in [0.25, 0.3) is 0 Å². The Morgan fingerprint density at radius 2 is 1.95 bits per heavy atom. The normalized spacial score (nSPS) is 13.9. The summed E-state index contributed by atoms with van der Waals surface area (Å²) in [5, 5.41) is 17.8. The minimum absolute atomic E-state index is 0.196. The Balaban J connectivity index is 2.45. The van der Waals surface area contributed by atoms with Crippen LogP contribution in [-0.2, 0) is 12.1 Å². The van der Waals surface area contributed by atoms with E-state index in [4.69, 9.17) is 0 Å². The largest absolute Gasteiger partial charge is 0.292 e. The Kier molecular flexibility index (Phi) is 4.44. The van der Waals surface area contributed by atoms with Crippen LogP contribution in [0.25, 0.3) is 0 Å². The van der Waals surface area contributed by atoms with Crippen LogP contribution in [0.4, 0.5) is 0 Å². The molecule has 0 amide bonds. The lowest BCUT2D eigenvalue weighted by Gasteiger charge is -2.31. The molecule has 0 saturated carbocycles. The van der Waals surface area contributed by atoms with Crippen molar-refractivity contribution >= 4 is 0 Å². The van der Waals surface area contributed by atoms with Crippen LogP contribution >= 0.6 is 0 Å². The van der Waals surface area contributed by atoms with Gasteiger partial charge in [0.1, 0.15) is 0 Å². The predicted molar refractivity (Wildman–Crippen MR) is 83.7 cm³/mol. The van der Waals surface area contributed by atoms with Crippen LogP contribution in [0.3, 0.4) is 0 Å². The Labute approximate surface area is 126 Å². The number of hydrogen-bond acceptors (Lipinski definition) is 3. The van der Waals surface area contributed by atoms with Crippen LogP contribution in [-0.4, -0.2) is 15.8 Å². The van der Waals surface area contributed by atoms with E-state index >= 15 is 0 Å². The summed E-state index contributed by atoms with van der Waals surface area (Å²) in [6.07, 6.45) is 0. The van der Waals surface area contributed by atoms with E-state index in [1.54, 1.807) is 0 Å². The number of hydrogen-bond donors (Lipinski definition) is 1. The standard InChI is InChI=1S/C17H22N4/c1-13(2)19-17(11-18,16-8-6-5-7-9-16)12-21-15(4)10-14(3)20-21/h5-10,13,19H,12H2,1-4H3. The first kappa shape index (κ1) is 15.3. The molecule has 0 aliphatic heterocycles. The van der Waals surface area contributed by atoms with Crippen LogP contribution < -0.4 is 5.32 Å². The molecule has 0 bridgehead atoms. The molecule has 1 heterocycles. The molecule has 4 heteroatoms. The van der Waals surface area contributed by atoms with E-state index in [2.05, 4.69) is 30.3 Å². The van der Waals surface area contributed by atoms with Crippen molar-refractivity contribution < 1.29 is 0 Å². The molecule has 4 nitrogen and oxygen atoms in total. The number of aromatic nitrogens is 2. The average Bonchev–Trinajstić information content (AvgIpc) is 2.76. The molecule has 1 aromatic heterocycles. The summed E-state index contributed by atoms with van der Waals surface area (Å²) in [4.78, 5) is 0. The molecule has 0 spiro atoms. The molecule has 0 saturated heterocycles. The molecule has 1 atom stereocenters. The fraction of sp³-hybridized carbons (Fsp3) is 0.412. The molecule has 2 rings (SSSR count). The molecule has 0 aliphatic carbocycles. The average molecular weight is 282 g/mol. The van der Waals surface area contributed by atoms with Crippen LogP contribution in [0.5, 0.6) is 0 Å². The van der Waals surface area contributed by atoms with Crippen molar-refractivity contribution in [1.82, 2.24) is 15.1 Å². The second-order valence-corrected chi connectivity index (χ2v) is 5.77. The number of nitrogens with zero attached hydrogens (tertiary/aromatic N) is 3. The molecule has 2 aromatic rings. The Bertz CT molecular complexity index is 637. The fourth-order valence-corrected chi connectivity index (χ4v) is 2.63. The van der Waals surface area contributed by atoms with Gasteiger partial charge in [0, 0.05) is 11.7 Å². The summed E-state index contributed by atoms with van der Waals surface area (Å²) in [7, 11) is 0. The van der Waals surface area contributed by atoms with Crippen LogP contribution in [0.1, 0.15) is 30.8 Å². The monoisotopic (exact) mass is 282 g/mol. The molecule has 110 valence electrons. The number of nitrogens with one attached hydrogen (secondary N) is 1. The summed E-state index contributed by atoms with van der Waals surface area (Å²) < 4.78 is 1.90. The van der Waals surface area contributed by atoms with Gasteiger partial charge in [0.2, 0.25) is 0 Å². The summed E-state index contributed by atoms with van der Waals surface area (Å²) >= 11 is 0. The summed E-state index contributed by atoms with van der Waals surface area (Å²) in [5.41, 5.74) is 2.22. The Morgan fingerprint density at radius 3 is 2.43 bits per heavy atom. The van der Waals surface area contributed by atoms with Gasteiger partial charge in [-0.05, 0) is 39.3 Å². The van der Waals surface area contributed by atoms with Gasteiger partial charge in [-0.2, -0.15) is 10.4 Å². The van der Waals surface area contributed by atoms with Gasteiger partial charge in [-0.1, -0.05) is 30.3 Å². The van der Waals surface area contributed by atoms with Gasteiger partial charge in [-0.3, -0.25) is 10.00 Å². The minimum Gasteiger partial charge on any atom is -0.292 e. The summed E-state index contributed by atoms with van der Waals surface area (Å²) in [6, 6.07) is 14.6. The maximum Gasteiger partial charge on any atom is 0.152 e.